The van der Waals surface area contributed by atoms with Crippen LogP contribution in [0.5, 0.6) is 0 Å². The van der Waals surface area contributed by atoms with Crippen LogP contribution < -0.4 is 11.1 Å². The Labute approximate surface area is 103 Å². The van der Waals surface area contributed by atoms with E-state index in [1.54, 1.807) is 0 Å². The Hall–Kier alpha value is -0.220. The number of carbonyl (C=O) groups excluding carboxylic acids is 1. The van der Waals surface area contributed by atoms with E-state index in [1.807, 2.05) is 11.8 Å². The zero-order valence-corrected chi connectivity index (χ0v) is 11.2. The summed E-state index contributed by atoms with van der Waals surface area (Å²) in [6.07, 6.45) is 7.44. The van der Waals surface area contributed by atoms with Crippen molar-refractivity contribution in [1.82, 2.24) is 5.32 Å². The minimum Gasteiger partial charge on any atom is -0.368 e. The third-order valence-corrected chi connectivity index (χ3v) is 4.27. The average molecular weight is 244 g/mol. The zero-order chi connectivity index (χ0) is 12.0. The number of thioether (sulfide) groups is 1. The first-order valence-corrected chi connectivity index (χ1v) is 7.60. The van der Waals surface area contributed by atoms with Gasteiger partial charge in [-0.1, -0.05) is 13.3 Å². The lowest BCUT2D eigenvalue weighted by molar-refractivity contribution is -0.126. The number of nitrogens with two attached hydrogens (primary N) is 1. The first-order chi connectivity index (χ1) is 7.67. The highest BCUT2D eigenvalue weighted by atomic mass is 32.2. The molecule has 1 fully saturated rings. The summed E-state index contributed by atoms with van der Waals surface area (Å²) in [5.41, 5.74) is 5.22. The van der Waals surface area contributed by atoms with E-state index < -0.39 is 5.54 Å². The average Bonchev–Trinajstić information content (AvgIpc) is 2.67. The standard InChI is InChI=1S/C12H24N2OS/c1-3-8-14-12(11(13)15)7-4-5-10(12)6-9-16-2/h10,14H,3-9H2,1-2H3,(H2,13,15). The normalized spacial score (nSPS) is 29.5. The summed E-state index contributed by atoms with van der Waals surface area (Å²) in [4.78, 5) is 11.8. The Morgan fingerprint density at radius 1 is 1.62 bits per heavy atom. The second-order valence-corrected chi connectivity index (χ2v) is 5.62. The van der Waals surface area contributed by atoms with E-state index in [0.717, 1.165) is 44.4 Å². The largest absolute Gasteiger partial charge is 0.368 e. The lowest BCUT2D eigenvalue weighted by Gasteiger charge is -2.33. The van der Waals surface area contributed by atoms with E-state index in [4.69, 9.17) is 5.73 Å². The van der Waals surface area contributed by atoms with Crippen molar-refractivity contribution in [2.24, 2.45) is 11.7 Å². The van der Waals surface area contributed by atoms with Gasteiger partial charge in [0.05, 0.1) is 0 Å². The van der Waals surface area contributed by atoms with Gasteiger partial charge in [0.2, 0.25) is 5.91 Å². The molecule has 0 aromatic carbocycles. The van der Waals surface area contributed by atoms with Crippen molar-refractivity contribution < 1.29 is 4.79 Å². The number of primary amides is 1. The molecule has 1 aliphatic rings. The maximum absolute atomic E-state index is 11.8. The SMILES string of the molecule is CCCNC1(C(N)=O)CCCC1CCSC. The molecule has 94 valence electrons. The molecule has 2 unspecified atom stereocenters. The Morgan fingerprint density at radius 3 is 2.94 bits per heavy atom. The van der Waals surface area contributed by atoms with Gasteiger partial charge in [-0.25, -0.2) is 0 Å². The molecule has 1 rings (SSSR count). The van der Waals surface area contributed by atoms with E-state index >= 15 is 0 Å². The molecule has 0 aliphatic heterocycles. The van der Waals surface area contributed by atoms with Crippen LogP contribution in [0.4, 0.5) is 0 Å². The van der Waals surface area contributed by atoms with Gasteiger partial charge in [0, 0.05) is 0 Å². The van der Waals surface area contributed by atoms with E-state index in [2.05, 4.69) is 18.5 Å². The van der Waals surface area contributed by atoms with E-state index in [9.17, 15) is 4.79 Å². The Balaban J connectivity index is 2.68. The second-order valence-electron chi connectivity index (χ2n) is 4.63. The summed E-state index contributed by atoms with van der Waals surface area (Å²) in [7, 11) is 0. The molecule has 0 saturated heterocycles. The van der Waals surface area contributed by atoms with Crippen LogP contribution in [0, 0.1) is 5.92 Å². The van der Waals surface area contributed by atoms with Crippen LogP contribution in [0.3, 0.4) is 0 Å². The summed E-state index contributed by atoms with van der Waals surface area (Å²) < 4.78 is 0. The molecule has 0 bridgehead atoms. The third kappa shape index (κ3) is 2.92. The molecule has 3 nitrogen and oxygen atoms in total. The molecule has 16 heavy (non-hydrogen) atoms. The van der Waals surface area contributed by atoms with Gasteiger partial charge in [0.1, 0.15) is 5.54 Å². The van der Waals surface area contributed by atoms with E-state index in [-0.39, 0.29) is 5.91 Å². The maximum Gasteiger partial charge on any atom is 0.238 e. The lowest BCUT2D eigenvalue weighted by Crippen LogP contribution is -2.58. The number of carbonyl (C=O) groups is 1. The maximum atomic E-state index is 11.8. The zero-order valence-electron chi connectivity index (χ0n) is 10.4. The quantitative estimate of drug-likeness (QED) is 0.717. The molecule has 0 aromatic heterocycles. The molecular formula is C12H24N2OS. The van der Waals surface area contributed by atoms with Crippen LogP contribution in [0.1, 0.15) is 39.0 Å². The van der Waals surface area contributed by atoms with Gasteiger partial charge in [0.15, 0.2) is 0 Å². The number of hydrogen-bond donors (Lipinski definition) is 2. The summed E-state index contributed by atoms with van der Waals surface area (Å²) >= 11 is 1.84. The predicted octanol–water partition coefficient (Wildman–Crippen LogP) is 1.76. The number of hydrogen-bond acceptors (Lipinski definition) is 3. The van der Waals surface area contributed by atoms with Crippen molar-refractivity contribution in [3.63, 3.8) is 0 Å². The van der Waals surface area contributed by atoms with Gasteiger partial charge in [0.25, 0.3) is 0 Å². The van der Waals surface area contributed by atoms with Crippen LogP contribution in [-0.2, 0) is 4.79 Å². The fourth-order valence-corrected chi connectivity index (χ4v) is 3.24. The predicted molar refractivity (Wildman–Crippen MR) is 70.6 cm³/mol. The molecule has 3 N–H and O–H groups in total. The molecule has 0 heterocycles. The van der Waals surface area contributed by atoms with Crippen molar-refractivity contribution in [2.45, 2.75) is 44.6 Å². The van der Waals surface area contributed by atoms with E-state index in [0.29, 0.717) is 5.92 Å². The van der Waals surface area contributed by atoms with Gasteiger partial charge < -0.3 is 11.1 Å². The molecule has 0 aromatic rings. The molecule has 1 amide bonds. The van der Waals surface area contributed by atoms with Crippen molar-refractivity contribution in [1.29, 1.82) is 0 Å². The van der Waals surface area contributed by atoms with Gasteiger partial charge in [-0.3, -0.25) is 4.79 Å². The van der Waals surface area contributed by atoms with Crippen LogP contribution in [0.25, 0.3) is 0 Å². The third-order valence-electron chi connectivity index (χ3n) is 3.62. The number of amides is 1. The molecule has 0 spiro atoms. The first kappa shape index (κ1) is 13.8. The van der Waals surface area contributed by atoms with Crippen LogP contribution in [-0.4, -0.2) is 30.0 Å². The highest BCUT2D eigenvalue weighted by Gasteiger charge is 2.46. The Kier molecular flexibility index (Phi) is 5.62. The fraction of sp³-hybridized carbons (Fsp3) is 0.917. The molecule has 0 radical (unpaired) electrons. The topological polar surface area (TPSA) is 55.1 Å². The summed E-state index contributed by atoms with van der Waals surface area (Å²) in [5, 5.41) is 3.42. The van der Waals surface area contributed by atoms with Gasteiger partial charge in [-0.05, 0) is 50.2 Å². The molecule has 1 saturated carbocycles. The first-order valence-electron chi connectivity index (χ1n) is 6.21. The smallest absolute Gasteiger partial charge is 0.238 e. The van der Waals surface area contributed by atoms with Crippen LogP contribution in [0.2, 0.25) is 0 Å². The summed E-state index contributed by atoms with van der Waals surface area (Å²) in [6, 6.07) is 0. The molecule has 1 aliphatic carbocycles. The van der Waals surface area contributed by atoms with Crippen molar-refractivity contribution in [2.75, 3.05) is 18.6 Å². The minimum absolute atomic E-state index is 0.149. The molecular weight excluding hydrogens is 220 g/mol. The molecule has 2 atom stereocenters. The van der Waals surface area contributed by atoms with Gasteiger partial charge in [-0.2, -0.15) is 11.8 Å². The Bertz CT molecular complexity index is 235. The second kappa shape index (κ2) is 6.50. The monoisotopic (exact) mass is 244 g/mol. The Morgan fingerprint density at radius 2 is 2.38 bits per heavy atom. The molecule has 4 heteroatoms. The highest BCUT2D eigenvalue weighted by molar-refractivity contribution is 7.98. The fourth-order valence-electron chi connectivity index (χ4n) is 2.72. The minimum atomic E-state index is -0.411. The summed E-state index contributed by atoms with van der Waals surface area (Å²) in [6.45, 7) is 3.01. The van der Waals surface area contributed by atoms with Crippen molar-refractivity contribution in [3.8, 4) is 0 Å². The number of nitrogens with one attached hydrogen (secondary N) is 1. The van der Waals surface area contributed by atoms with Crippen molar-refractivity contribution in [3.05, 3.63) is 0 Å². The number of rotatable bonds is 7. The highest BCUT2D eigenvalue weighted by Crippen LogP contribution is 2.38. The van der Waals surface area contributed by atoms with E-state index in [1.165, 1.54) is 0 Å². The van der Waals surface area contributed by atoms with Gasteiger partial charge >= 0.3 is 0 Å². The van der Waals surface area contributed by atoms with Gasteiger partial charge in [-0.15, -0.1) is 0 Å². The summed E-state index contributed by atoms with van der Waals surface area (Å²) in [5.74, 6) is 1.40. The lowest BCUT2D eigenvalue weighted by atomic mass is 9.84. The van der Waals surface area contributed by atoms with Crippen LogP contribution in [0.15, 0.2) is 0 Å². The van der Waals surface area contributed by atoms with Crippen molar-refractivity contribution >= 4 is 17.7 Å². The van der Waals surface area contributed by atoms with Crippen LogP contribution >= 0.6 is 11.8 Å².